The summed E-state index contributed by atoms with van der Waals surface area (Å²) in [6.07, 6.45) is 5.37. The van der Waals surface area contributed by atoms with Gasteiger partial charge in [0.1, 0.15) is 18.2 Å². The van der Waals surface area contributed by atoms with Crippen molar-refractivity contribution in [2.24, 2.45) is 10.9 Å². The van der Waals surface area contributed by atoms with Crippen LogP contribution < -0.4 is 10.1 Å². The molecule has 0 amide bonds. The van der Waals surface area contributed by atoms with E-state index in [1.54, 1.807) is 7.11 Å². The van der Waals surface area contributed by atoms with Gasteiger partial charge in [0.05, 0.1) is 19.7 Å². The molecule has 0 radical (unpaired) electrons. The van der Waals surface area contributed by atoms with E-state index < -0.39 is 0 Å². The topological polar surface area (TPSA) is 42.9 Å². The Morgan fingerprint density at radius 1 is 1.04 bits per heavy atom. The van der Waals surface area contributed by atoms with Crippen LogP contribution in [0.4, 0.5) is 0 Å². The third-order valence-electron chi connectivity index (χ3n) is 5.59. The van der Waals surface area contributed by atoms with Crippen LogP contribution in [0.5, 0.6) is 5.75 Å². The van der Waals surface area contributed by atoms with Crippen molar-refractivity contribution in [2.45, 2.75) is 31.7 Å². The fraction of sp³-hybridized carbons (Fsp3) is 0.435. The third-order valence-corrected chi connectivity index (χ3v) is 5.59. The standard InChI is InChI=1S/C23H28N2O2/c1-26-21-8-4-7-20(13-21)18-9-11-19(12-10-18)22-14-24-23(25-22)16-27-15-17-5-2-3-6-17/h4,7-13,17,22H,2-3,5-6,14-16H2,1H3,(H,24,25). The Kier molecular flexibility index (Phi) is 5.73. The van der Waals surface area contributed by atoms with Crippen molar-refractivity contribution in [3.05, 3.63) is 54.1 Å². The Balaban J connectivity index is 1.30. The minimum Gasteiger partial charge on any atom is -0.497 e. The van der Waals surface area contributed by atoms with Crippen molar-refractivity contribution in [3.63, 3.8) is 0 Å². The highest BCUT2D eigenvalue weighted by atomic mass is 16.5. The Morgan fingerprint density at radius 3 is 2.63 bits per heavy atom. The molecular formula is C23H28N2O2. The molecule has 0 aromatic heterocycles. The normalized spacial score (nSPS) is 19.7. The number of ether oxygens (including phenoxy) is 2. The van der Waals surface area contributed by atoms with Gasteiger partial charge < -0.3 is 14.8 Å². The second-order valence-corrected chi connectivity index (χ2v) is 7.50. The molecule has 4 nitrogen and oxygen atoms in total. The van der Waals surface area contributed by atoms with Gasteiger partial charge in [0, 0.05) is 6.61 Å². The van der Waals surface area contributed by atoms with Gasteiger partial charge >= 0.3 is 0 Å². The van der Waals surface area contributed by atoms with E-state index in [1.165, 1.54) is 36.8 Å². The smallest absolute Gasteiger partial charge is 0.123 e. The minimum atomic E-state index is 0.245. The highest BCUT2D eigenvalue weighted by molar-refractivity contribution is 5.85. The van der Waals surface area contributed by atoms with Gasteiger partial charge in [-0.05, 0) is 47.6 Å². The Labute approximate surface area is 161 Å². The van der Waals surface area contributed by atoms with Crippen LogP contribution in [0.2, 0.25) is 0 Å². The summed E-state index contributed by atoms with van der Waals surface area (Å²) in [6, 6.07) is 17.1. The molecule has 0 saturated heterocycles. The van der Waals surface area contributed by atoms with Gasteiger partial charge in [-0.1, -0.05) is 49.2 Å². The Hall–Kier alpha value is -2.33. The largest absolute Gasteiger partial charge is 0.497 e. The summed E-state index contributed by atoms with van der Waals surface area (Å²) in [4.78, 5) is 4.62. The number of hydrogen-bond acceptors (Lipinski definition) is 4. The average molecular weight is 364 g/mol. The van der Waals surface area contributed by atoms with E-state index in [2.05, 4.69) is 46.7 Å². The lowest BCUT2D eigenvalue weighted by atomic mass is 10.0. The number of benzene rings is 2. The molecule has 2 aliphatic rings. The van der Waals surface area contributed by atoms with Gasteiger partial charge in [-0.2, -0.15) is 0 Å². The van der Waals surface area contributed by atoms with Crippen molar-refractivity contribution in [3.8, 4) is 16.9 Å². The molecule has 1 heterocycles. The van der Waals surface area contributed by atoms with Gasteiger partial charge in [0.25, 0.3) is 0 Å². The van der Waals surface area contributed by atoms with E-state index in [-0.39, 0.29) is 6.04 Å². The van der Waals surface area contributed by atoms with Gasteiger partial charge in [-0.3, -0.25) is 4.99 Å². The van der Waals surface area contributed by atoms with Crippen molar-refractivity contribution in [2.75, 3.05) is 26.9 Å². The van der Waals surface area contributed by atoms with Gasteiger partial charge in [-0.25, -0.2) is 0 Å². The second kappa shape index (κ2) is 8.57. The van der Waals surface area contributed by atoms with Crippen molar-refractivity contribution in [1.29, 1.82) is 0 Å². The maximum absolute atomic E-state index is 5.88. The Morgan fingerprint density at radius 2 is 1.85 bits per heavy atom. The molecule has 0 bridgehead atoms. The molecule has 1 fully saturated rings. The highest BCUT2D eigenvalue weighted by Crippen LogP contribution is 2.27. The summed E-state index contributed by atoms with van der Waals surface area (Å²) in [6.45, 7) is 2.26. The van der Waals surface area contributed by atoms with Crippen LogP contribution in [0.3, 0.4) is 0 Å². The molecule has 0 spiro atoms. The first-order valence-electron chi connectivity index (χ1n) is 9.94. The highest BCUT2D eigenvalue weighted by Gasteiger charge is 2.20. The quantitative estimate of drug-likeness (QED) is 0.780. The third kappa shape index (κ3) is 4.51. The maximum Gasteiger partial charge on any atom is 0.123 e. The number of aliphatic imine (C=N–C) groups is 1. The minimum absolute atomic E-state index is 0.245. The summed E-state index contributed by atoms with van der Waals surface area (Å²) >= 11 is 0. The molecule has 1 unspecified atom stereocenters. The summed E-state index contributed by atoms with van der Waals surface area (Å²) in [5, 5.41) is 3.52. The molecule has 142 valence electrons. The molecule has 27 heavy (non-hydrogen) atoms. The summed E-state index contributed by atoms with van der Waals surface area (Å²) in [7, 11) is 1.70. The molecule has 4 heteroatoms. The number of methoxy groups -OCH3 is 1. The zero-order valence-corrected chi connectivity index (χ0v) is 16.0. The molecular weight excluding hydrogens is 336 g/mol. The predicted molar refractivity (Wildman–Crippen MR) is 109 cm³/mol. The average Bonchev–Trinajstić information content (AvgIpc) is 3.41. The summed E-state index contributed by atoms with van der Waals surface area (Å²) in [5.74, 6) is 2.62. The Bertz CT molecular complexity index is 779. The molecule has 2 aromatic carbocycles. The molecule has 1 N–H and O–H groups in total. The first-order chi connectivity index (χ1) is 13.3. The number of amidine groups is 1. The second-order valence-electron chi connectivity index (χ2n) is 7.50. The number of hydrogen-bond donors (Lipinski definition) is 1. The summed E-state index contributed by atoms with van der Waals surface area (Å²) < 4.78 is 11.2. The molecule has 2 aromatic rings. The van der Waals surface area contributed by atoms with E-state index in [0.717, 1.165) is 36.2 Å². The van der Waals surface area contributed by atoms with E-state index >= 15 is 0 Å². The van der Waals surface area contributed by atoms with E-state index in [4.69, 9.17) is 9.47 Å². The van der Waals surface area contributed by atoms with E-state index in [0.29, 0.717) is 6.61 Å². The molecule has 4 rings (SSSR count). The lowest BCUT2D eigenvalue weighted by Gasteiger charge is -2.14. The monoisotopic (exact) mass is 364 g/mol. The molecule has 1 aliphatic heterocycles. The van der Waals surface area contributed by atoms with Crippen LogP contribution in [0.25, 0.3) is 11.1 Å². The number of rotatable bonds is 7. The lowest BCUT2D eigenvalue weighted by molar-refractivity contribution is 0.131. The van der Waals surface area contributed by atoms with Crippen LogP contribution in [0, 0.1) is 5.92 Å². The SMILES string of the molecule is COc1cccc(-c2ccc(C3CN=C(COCC4CCCC4)N3)cc2)c1. The lowest BCUT2D eigenvalue weighted by Crippen LogP contribution is -2.27. The van der Waals surface area contributed by atoms with E-state index in [1.807, 2.05) is 12.1 Å². The predicted octanol–water partition coefficient (Wildman–Crippen LogP) is 4.61. The zero-order valence-electron chi connectivity index (χ0n) is 16.0. The summed E-state index contributed by atoms with van der Waals surface area (Å²) in [5.41, 5.74) is 3.62. The first kappa shape index (κ1) is 18.1. The van der Waals surface area contributed by atoms with Gasteiger partial charge in [0.2, 0.25) is 0 Å². The van der Waals surface area contributed by atoms with Crippen molar-refractivity contribution >= 4 is 5.84 Å². The fourth-order valence-electron chi connectivity index (χ4n) is 3.98. The van der Waals surface area contributed by atoms with Crippen LogP contribution in [0.1, 0.15) is 37.3 Å². The number of nitrogens with zero attached hydrogens (tertiary/aromatic N) is 1. The van der Waals surface area contributed by atoms with E-state index in [9.17, 15) is 0 Å². The first-order valence-corrected chi connectivity index (χ1v) is 9.94. The van der Waals surface area contributed by atoms with Crippen molar-refractivity contribution in [1.82, 2.24) is 5.32 Å². The van der Waals surface area contributed by atoms with Crippen LogP contribution in [0.15, 0.2) is 53.5 Å². The maximum atomic E-state index is 5.88. The van der Waals surface area contributed by atoms with Crippen LogP contribution in [-0.2, 0) is 4.74 Å². The van der Waals surface area contributed by atoms with Crippen molar-refractivity contribution < 1.29 is 9.47 Å². The van der Waals surface area contributed by atoms with Crippen LogP contribution in [-0.4, -0.2) is 32.7 Å². The van der Waals surface area contributed by atoms with Gasteiger partial charge in [-0.15, -0.1) is 0 Å². The molecule has 1 saturated carbocycles. The van der Waals surface area contributed by atoms with Gasteiger partial charge in [0.15, 0.2) is 0 Å². The fourth-order valence-corrected chi connectivity index (χ4v) is 3.98. The number of nitrogens with one attached hydrogen (secondary N) is 1. The molecule has 1 aliphatic carbocycles. The molecule has 1 atom stereocenters. The zero-order chi connectivity index (χ0) is 18.5. The van der Waals surface area contributed by atoms with Crippen LogP contribution >= 0.6 is 0 Å².